The summed E-state index contributed by atoms with van der Waals surface area (Å²) in [5.74, 6) is 0.0646. The minimum atomic E-state index is -0.398. The zero-order valence-corrected chi connectivity index (χ0v) is 14.8. The number of rotatable bonds is 3. The average Bonchev–Trinajstić information content (AvgIpc) is 2.61. The number of likely N-dealkylation sites (tertiary alicyclic amines) is 2. The molecule has 0 unspecified atom stereocenters. The minimum Gasteiger partial charge on any atom is -0.339 e. The molecular formula is C18H22ClN3O3. The number of nitrogens with one attached hydrogen (secondary N) is 1. The van der Waals surface area contributed by atoms with Crippen LogP contribution in [-0.2, 0) is 4.79 Å². The van der Waals surface area contributed by atoms with Gasteiger partial charge in [0.25, 0.3) is 11.5 Å². The summed E-state index contributed by atoms with van der Waals surface area (Å²) >= 11 is 5.81. The smallest absolute Gasteiger partial charge is 0.266 e. The summed E-state index contributed by atoms with van der Waals surface area (Å²) < 4.78 is 0. The van der Waals surface area contributed by atoms with Crippen LogP contribution in [0.25, 0.3) is 0 Å². The molecular weight excluding hydrogens is 342 g/mol. The third-order valence-electron chi connectivity index (χ3n) is 5.31. The molecule has 2 saturated heterocycles. The lowest BCUT2D eigenvalue weighted by atomic mass is 9.72. The lowest BCUT2D eigenvalue weighted by Crippen LogP contribution is -2.52. The van der Waals surface area contributed by atoms with E-state index in [1.54, 1.807) is 11.0 Å². The summed E-state index contributed by atoms with van der Waals surface area (Å²) in [7, 11) is 0. The van der Waals surface area contributed by atoms with Crippen molar-refractivity contribution in [3.8, 4) is 0 Å². The molecule has 2 aliphatic rings. The Kier molecular flexibility index (Phi) is 4.99. The molecule has 2 amide bonds. The topological polar surface area (TPSA) is 73.5 Å². The van der Waals surface area contributed by atoms with E-state index >= 15 is 0 Å². The number of aromatic amines is 1. The molecule has 0 saturated carbocycles. The Labute approximate surface area is 151 Å². The van der Waals surface area contributed by atoms with Crippen molar-refractivity contribution in [3.05, 3.63) is 45.9 Å². The van der Waals surface area contributed by atoms with E-state index in [1.807, 2.05) is 4.90 Å². The number of hydrogen-bond acceptors (Lipinski definition) is 3. The minimum absolute atomic E-state index is 0.0187. The van der Waals surface area contributed by atoms with Crippen molar-refractivity contribution in [3.63, 3.8) is 0 Å². The van der Waals surface area contributed by atoms with E-state index in [0.29, 0.717) is 31.6 Å². The standard InChI is InChI=1S/C18H22ClN3O3/c1-2-7-22-12-18(4-3-15(22)23)5-8-21(9-6-18)17(25)13-10-14(19)16(24)20-11-13/h2,10-11H,1,3-9,12H2,(H,20,24). The predicted octanol–water partition coefficient (Wildman–Crippen LogP) is 2.06. The van der Waals surface area contributed by atoms with E-state index in [-0.39, 0.29) is 22.3 Å². The Balaban J connectivity index is 1.66. The SMILES string of the molecule is C=CCN1CC2(CCC1=O)CCN(C(=O)c1c[nH]c(=O)c(Cl)c1)CC2. The maximum absolute atomic E-state index is 12.6. The number of aromatic nitrogens is 1. The number of hydrogen-bond donors (Lipinski definition) is 1. The highest BCUT2D eigenvalue weighted by molar-refractivity contribution is 6.30. The maximum atomic E-state index is 12.6. The maximum Gasteiger partial charge on any atom is 0.266 e. The zero-order chi connectivity index (χ0) is 18.0. The highest BCUT2D eigenvalue weighted by Crippen LogP contribution is 2.40. The molecule has 1 aromatic heterocycles. The van der Waals surface area contributed by atoms with Crippen LogP contribution in [0, 0.1) is 5.41 Å². The number of piperidine rings is 2. The summed E-state index contributed by atoms with van der Waals surface area (Å²) in [5.41, 5.74) is 0.0914. The van der Waals surface area contributed by atoms with Crippen molar-refractivity contribution >= 4 is 23.4 Å². The van der Waals surface area contributed by atoms with Crippen molar-refractivity contribution < 1.29 is 9.59 Å². The van der Waals surface area contributed by atoms with Gasteiger partial charge >= 0.3 is 0 Å². The van der Waals surface area contributed by atoms with Crippen LogP contribution in [0.2, 0.25) is 5.02 Å². The molecule has 0 bridgehead atoms. The quantitative estimate of drug-likeness (QED) is 0.835. The first-order chi connectivity index (χ1) is 11.9. The van der Waals surface area contributed by atoms with Gasteiger partial charge in [-0.3, -0.25) is 14.4 Å². The van der Waals surface area contributed by atoms with Crippen LogP contribution >= 0.6 is 11.6 Å². The first-order valence-corrected chi connectivity index (χ1v) is 8.88. The molecule has 0 radical (unpaired) electrons. The van der Waals surface area contributed by atoms with Gasteiger partial charge in [0.2, 0.25) is 5.91 Å². The summed E-state index contributed by atoms with van der Waals surface area (Å²) in [5, 5.41) is 0.0187. The van der Waals surface area contributed by atoms with Crippen molar-refractivity contribution in [2.45, 2.75) is 25.7 Å². The molecule has 1 spiro atoms. The monoisotopic (exact) mass is 363 g/mol. The first-order valence-electron chi connectivity index (χ1n) is 8.50. The molecule has 0 aliphatic carbocycles. The second-order valence-electron chi connectivity index (χ2n) is 6.92. The number of H-pyrrole nitrogens is 1. The van der Waals surface area contributed by atoms with Gasteiger partial charge in [-0.05, 0) is 30.7 Å². The molecule has 2 fully saturated rings. The zero-order valence-electron chi connectivity index (χ0n) is 14.1. The Bertz CT molecular complexity index is 750. The van der Waals surface area contributed by atoms with Crippen LogP contribution in [0.15, 0.2) is 29.7 Å². The average molecular weight is 364 g/mol. The first kappa shape index (κ1) is 17.7. The highest BCUT2D eigenvalue weighted by Gasteiger charge is 2.41. The Morgan fingerprint density at radius 1 is 1.32 bits per heavy atom. The molecule has 3 rings (SSSR count). The van der Waals surface area contributed by atoms with Crippen molar-refractivity contribution in [1.82, 2.24) is 14.8 Å². The summed E-state index contributed by atoms with van der Waals surface area (Å²) in [4.78, 5) is 42.1. The number of halogens is 1. The second kappa shape index (κ2) is 7.04. The van der Waals surface area contributed by atoms with Crippen LogP contribution in [0.3, 0.4) is 0 Å². The lowest BCUT2D eigenvalue weighted by Gasteiger charge is -2.47. The molecule has 1 aromatic rings. The van der Waals surface area contributed by atoms with Gasteiger partial charge in [-0.15, -0.1) is 6.58 Å². The van der Waals surface area contributed by atoms with Gasteiger partial charge in [0, 0.05) is 38.8 Å². The molecule has 1 N–H and O–H groups in total. The third-order valence-corrected chi connectivity index (χ3v) is 5.59. The lowest BCUT2D eigenvalue weighted by molar-refractivity contribution is -0.138. The largest absolute Gasteiger partial charge is 0.339 e. The van der Waals surface area contributed by atoms with E-state index in [9.17, 15) is 14.4 Å². The van der Waals surface area contributed by atoms with Gasteiger partial charge in [-0.2, -0.15) is 0 Å². The van der Waals surface area contributed by atoms with E-state index in [1.165, 1.54) is 12.3 Å². The predicted molar refractivity (Wildman–Crippen MR) is 95.7 cm³/mol. The van der Waals surface area contributed by atoms with Crippen molar-refractivity contribution in [2.24, 2.45) is 5.41 Å². The molecule has 134 valence electrons. The molecule has 6 nitrogen and oxygen atoms in total. The number of pyridine rings is 1. The molecule has 0 atom stereocenters. The van der Waals surface area contributed by atoms with Crippen LogP contribution in [0.1, 0.15) is 36.0 Å². The molecule has 3 heterocycles. The van der Waals surface area contributed by atoms with Crippen molar-refractivity contribution in [1.29, 1.82) is 0 Å². The van der Waals surface area contributed by atoms with Gasteiger partial charge in [-0.1, -0.05) is 17.7 Å². The van der Waals surface area contributed by atoms with Gasteiger partial charge in [0.05, 0.1) is 5.56 Å². The van der Waals surface area contributed by atoms with Crippen molar-refractivity contribution in [2.75, 3.05) is 26.2 Å². The van der Waals surface area contributed by atoms with Crippen LogP contribution in [-0.4, -0.2) is 52.8 Å². The van der Waals surface area contributed by atoms with Gasteiger partial charge < -0.3 is 14.8 Å². The normalized spacial score (nSPS) is 20.0. The fourth-order valence-electron chi connectivity index (χ4n) is 3.78. The Morgan fingerprint density at radius 2 is 2.04 bits per heavy atom. The molecule has 2 aliphatic heterocycles. The number of carbonyl (C=O) groups excluding carboxylic acids is 2. The van der Waals surface area contributed by atoms with Crippen LogP contribution in [0.5, 0.6) is 0 Å². The fourth-order valence-corrected chi connectivity index (χ4v) is 3.95. The van der Waals surface area contributed by atoms with Gasteiger partial charge in [-0.25, -0.2) is 0 Å². The Hall–Kier alpha value is -2.08. The molecule has 0 aromatic carbocycles. The summed E-state index contributed by atoms with van der Waals surface area (Å²) in [6.07, 6.45) is 6.36. The summed E-state index contributed by atoms with van der Waals surface area (Å²) in [6, 6.07) is 1.41. The second-order valence-corrected chi connectivity index (χ2v) is 7.33. The fraction of sp³-hybridized carbons (Fsp3) is 0.500. The van der Waals surface area contributed by atoms with Crippen LogP contribution in [0.4, 0.5) is 0 Å². The van der Waals surface area contributed by atoms with E-state index in [2.05, 4.69) is 11.6 Å². The van der Waals surface area contributed by atoms with E-state index in [4.69, 9.17) is 11.6 Å². The number of carbonyl (C=O) groups is 2. The summed E-state index contributed by atoms with van der Waals surface area (Å²) in [6.45, 7) is 6.33. The van der Waals surface area contributed by atoms with Gasteiger partial charge in [0.15, 0.2) is 0 Å². The molecule has 25 heavy (non-hydrogen) atoms. The van der Waals surface area contributed by atoms with E-state index < -0.39 is 5.56 Å². The van der Waals surface area contributed by atoms with E-state index in [0.717, 1.165) is 25.8 Å². The number of nitrogens with zero attached hydrogens (tertiary/aromatic N) is 2. The third kappa shape index (κ3) is 3.63. The van der Waals surface area contributed by atoms with Gasteiger partial charge in [0.1, 0.15) is 5.02 Å². The Morgan fingerprint density at radius 3 is 2.68 bits per heavy atom. The van der Waals surface area contributed by atoms with Crippen LogP contribution < -0.4 is 5.56 Å². The number of amides is 2. The highest BCUT2D eigenvalue weighted by atomic mass is 35.5. The molecule has 7 heteroatoms.